The van der Waals surface area contributed by atoms with Gasteiger partial charge in [0.1, 0.15) is 20.2 Å². The van der Waals surface area contributed by atoms with Gasteiger partial charge in [0.25, 0.3) is 0 Å². The topological polar surface area (TPSA) is 114 Å². The molecule has 0 saturated heterocycles. The van der Waals surface area contributed by atoms with Gasteiger partial charge in [-0.25, -0.2) is 16.8 Å². The summed E-state index contributed by atoms with van der Waals surface area (Å²) < 4.78 is 71.1. The summed E-state index contributed by atoms with van der Waals surface area (Å²) in [5.41, 5.74) is 2.75. The molecule has 170 valence electrons. The first-order valence-electron chi connectivity index (χ1n) is 10.2. The van der Waals surface area contributed by atoms with Crippen molar-refractivity contribution >= 4 is 41.8 Å². The molecule has 0 aliphatic carbocycles. The molecular weight excluding hydrogens is 518 g/mol. The molecule has 0 aromatic heterocycles. The summed E-state index contributed by atoms with van der Waals surface area (Å²) in [6.45, 7) is 0. The van der Waals surface area contributed by atoms with Crippen LogP contribution in [0.1, 0.15) is 0 Å². The first-order valence-corrected chi connectivity index (χ1v) is 13.0. The molecule has 5 aromatic rings. The smallest absolute Gasteiger partial charge is 0.744 e. The predicted molar refractivity (Wildman–Crippen MR) is 128 cm³/mol. The summed E-state index contributed by atoms with van der Waals surface area (Å²) in [6, 6.07) is 26.7. The normalized spacial score (nSPS) is 11.6. The van der Waals surface area contributed by atoms with Gasteiger partial charge in [0.05, 0.1) is 9.79 Å². The van der Waals surface area contributed by atoms with Gasteiger partial charge in [-0.05, 0) is 68.1 Å². The molecule has 0 radical (unpaired) electrons. The van der Waals surface area contributed by atoms with Crippen molar-refractivity contribution in [1.29, 1.82) is 0 Å². The molecule has 0 bridgehead atoms. The third kappa shape index (κ3) is 5.49. The Morgan fingerprint density at radius 2 is 0.778 bits per heavy atom. The second-order valence-electron chi connectivity index (χ2n) is 7.81. The van der Waals surface area contributed by atoms with Crippen LogP contribution < -0.4 is 59.1 Å². The van der Waals surface area contributed by atoms with E-state index in [0.717, 1.165) is 11.1 Å². The Bertz CT molecular complexity index is 1700. The van der Waals surface area contributed by atoms with Crippen LogP contribution in [0, 0.1) is 0 Å². The van der Waals surface area contributed by atoms with Crippen LogP contribution in [0.4, 0.5) is 0 Å². The van der Waals surface area contributed by atoms with Gasteiger partial charge in [-0.3, -0.25) is 0 Å². The number of rotatable bonds is 4. The Morgan fingerprint density at radius 1 is 0.444 bits per heavy atom. The molecule has 0 unspecified atom stereocenters. The fourth-order valence-electron chi connectivity index (χ4n) is 4.33. The van der Waals surface area contributed by atoms with Gasteiger partial charge < -0.3 is 9.11 Å². The van der Waals surface area contributed by atoms with E-state index in [1.807, 2.05) is 36.4 Å². The first-order chi connectivity index (χ1) is 16.1. The molecule has 0 fully saturated rings. The molecule has 0 N–H and O–H groups in total. The van der Waals surface area contributed by atoms with Crippen molar-refractivity contribution < 1.29 is 85.1 Å². The Hall–Kier alpha value is -1.56. The Morgan fingerprint density at radius 3 is 1.11 bits per heavy atom. The number of hydrogen-bond donors (Lipinski definition) is 0. The molecule has 0 spiro atoms. The third-order valence-corrected chi connectivity index (χ3v) is 7.42. The molecule has 36 heavy (non-hydrogen) atoms. The monoisotopic (exact) mass is 534 g/mol. The van der Waals surface area contributed by atoms with Crippen molar-refractivity contribution in [1.82, 2.24) is 0 Å². The molecule has 0 heterocycles. The summed E-state index contributed by atoms with van der Waals surface area (Å²) in [4.78, 5) is -0.800. The van der Waals surface area contributed by atoms with Gasteiger partial charge in [0, 0.05) is 0 Å². The Labute approximate surface area is 253 Å². The van der Waals surface area contributed by atoms with Crippen LogP contribution in [-0.4, -0.2) is 25.9 Å². The molecule has 0 aliphatic rings. The predicted octanol–water partition coefficient (Wildman–Crippen LogP) is -0.857. The van der Waals surface area contributed by atoms with Crippen LogP contribution in [0.3, 0.4) is 0 Å². The average Bonchev–Trinajstić information content (AvgIpc) is 2.81. The van der Waals surface area contributed by atoms with Gasteiger partial charge in [-0.1, -0.05) is 72.8 Å². The van der Waals surface area contributed by atoms with Gasteiger partial charge in [-0.2, -0.15) is 0 Å². The second kappa shape index (κ2) is 11.0. The summed E-state index contributed by atoms with van der Waals surface area (Å²) >= 11 is 0. The Balaban J connectivity index is 0.00000180. The van der Waals surface area contributed by atoms with Crippen LogP contribution in [0.15, 0.2) is 107 Å². The van der Waals surface area contributed by atoms with Crippen LogP contribution in [0.2, 0.25) is 0 Å². The molecule has 10 heteroatoms. The van der Waals surface area contributed by atoms with Crippen LogP contribution in [0.5, 0.6) is 0 Å². The van der Waals surface area contributed by atoms with E-state index in [1.54, 1.807) is 36.4 Å². The van der Waals surface area contributed by atoms with Gasteiger partial charge in [0.15, 0.2) is 0 Å². The zero-order valence-electron chi connectivity index (χ0n) is 19.5. The van der Waals surface area contributed by atoms with Gasteiger partial charge >= 0.3 is 59.1 Å². The fraction of sp³-hybridized carbons (Fsp3) is 0. The van der Waals surface area contributed by atoms with Crippen LogP contribution in [-0.2, 0) is 20.2 Å². The van der Waals surface area contributed by atoms with Crippen LogP contribution >= 0.6 is 0 Å². The number of fused-ring (bicyclic) bond motifs is 2. The van der Waals surface area contributed by atoms with Gasteiger partial charge in [-0.15, -0.1) is 0 Å². The van der Waals surface area contributed by atoms with E-state index >= 15 is 0 Å². The van der Waals surface area contributed by atoms with E-state index in [2.05, 4.69) is 0 Å². The van der Waals surface area contributed by atoms with Crippen molar-refractivity contribution in [2.75, 3.05) is 0 Å². The van der Waals surface area contributed by atoms with E-state index in [-0.39, 0.29) is 59.1 Å². The van der Waals surface area contributed by atoms with Crippen molar-refractivity contribution in [3.05, 3.63) is 97.1 Å². The van der Waals surface area contributed by atoms with E-state index < -0.39 is 30.0 Å². The quantitative estimate of drug-likeness (QED) is 0.169. The summed E-state index contributed by atoms with van der Waals surface area (Å²) in [5.74, 6) is 0. The van der Waals surface area contributed by atoms with Crippen molar-refractivity contribution in [2.45, 2.75) is 9.79 Å². The maximum Gasteiger partial charge on any atom is 1.00 e. The largest absolute Gasteiger partial charge is 1.00 e. The van der Waals surface area contributed by atoms with E-state index in [4.69, 9.17) is 0 Å². The third-order valence-electron chi connectivity index (χ3n) is 5.76. The summed E-state index contributed by atoms with van der Waals surface area (Å²) in [6.07, 6.45) is 0. The Kier molecular flexibility index (Phi) is 8.90. The minimum absolute atomic E-state index is 0. The molecule has 6 nitrogen and oxygen atoms in total. The first kappa shape index (κ1) is 29.0. The molecular formula is C26H16Na2O6S2. The SMILES string of the molecule is O=S(=O)([O-])c1ccc2c(-c3ccccc3)c3ccc(S(=O)(=O)[O-])cc3c(-c3ccccc3)c2c1.[Na+].[Na+]. The van der Waals surface area contributed by atoms with Crippen molar-refractivity contribution in [3.8, 4) is 22.3 Å². The number of hydrogen-bond acceptors (Lipinski definition) is 6. The minimum atomic E-state index is -4.75. The molecule has 0 amide bonds. The fourth-order valence-corrected chi connectivity index (χ4v) is 5.32. The van der Waals surface area contributed by atoms with Crippen molar-refractivity contribution in [2.24, 2.45) is 0 Å². The number of benzene rings is 5. The molecule has 0 aliphatic heterocycles. The molecule has 0 atom stereocenters. The van der Waals surface area contributed by atoms with E-state index in [0.29, 0.717) is 32.7 Å². The zero-order chi connectivity index (χ0) is 24.1. The average molecular weight is 535 g/mol. The standard InChI is InChI=1S/C26H18O6S2.2Na/c27-33(28,29)19-11-13-21-23(15-19)26(18-9-5-2-6-10-18)24-16-20(34(30,31)32)12-14-22(24)25(21)17-7-3-1-4-8-17;;/h1-16H,(H,27,28,29)(H,30,31,32);;/q;2*+1/p-2. The zero-order valence-corrected chi connectivity index (χ0v) is 25.1. The summed E-state index contributed by atoms with van der Waals surface area (Å²) in [7, 11) is -9.50. The molecule has 5 rings (SSSR count). The van der Waals surface area contributed by atoms with E-state index in [1.165, 1.54) is 24.3 Å². The molecule has 0 saturated carbocycles. The second-order valence-corrected chi connectivity index (χ2v) is 10.6. The van der Waals surface area contributed by atoms with Crippen molar-refractivity contribution in [3.63, 3.8) is 0 Å². The molecule has 5 aromatic carbocycles. The van der Waals surface area contributed by atoms with Crippen LogP contribution in [0.25, 0.3) is 43.8 Å². The summed E-state index contributed by atoms with van der Waals surface area (Å²) in [5, 5.41) is 2.27. The minimum Gasteiger partial charge on any atom is -0.744 e. The van der Waals surface area contributed by atoms with Gasteiger partial charge in [0.2, 0.25) is 0 Å². The van der Waals surface area contributed by atoms with E-state index in [9.17, 15) is 25.9 Å². The maximum atomic E-state index is 11.9. The maximum absolute atomic E-state index is 11.9.